The molecule has 6 heteroatoms. The van der Waals surface area contributed by atoms with Crippen molar-refractivity contribution in [2.45, 2.75) is 43.5 Å². The molecule has 0 spiro atoms. The molecule has 1 saturated carbocycles. The van der Waals surface area contributed by atoms with E-state index in [4.69, 9.17) is 11.6 Å². The van der Waals surface area contributed by atoms with Crippen LogP contribution in [0, 0.1) is 5.92 Å². The van der Waals surface area contributed by atoms with Gasteiger partial charge in [-0.25, -0.2) is 4.79 Å². The van der Waals surface area contributed by atoms with Gasteiger partial charge >= 0.3 is 6.03 Å². The van der Waals surface area contributed by atoms with Gasteiger partial charge in [0, 0.05) is 16.0 Å². The highest BCUT2D eigenvalue weighted by Crippen LogP contribution is 2.23. The van der Waals surface area contributed by atoms with Crippen LogP contribution in [-0.2, 0) is 4.79 Å². The van der Waals surface area contributed by atoms with Crippen molar-refractivity contribution in [3.63, 3.8) is 0 Å². The summed E-state index contributed by atoms with van der Waals surface area (Å²) in [4.78, 5) is 24.6. The lowest BCUT2D eigenvalue weighted by Crippen LogP contribution is -2.48. The number of hydrogen-bond acceptors (Lipinski definition) is 3. The van der Waals surface area contributed by atoms with Crippen LogP contribution in [0.3, 0.4) is 0 Å². The van der Waals surface area contributed by atoms with Gasteiger partial charge in [0.2, 0.25) is 5.91 Å². The monoisotopic (exact) mass is 340 g/mol. The zero-order chi connectivity index (χ0) is 15.9. The number of imide groups is 1. The molecule has 1 aliphatic carbocycles. The van der Waals surface area contributed by atoms with Crippen molar-refractivity contribution in [2.24, 2.45) is 5.92 Å². The first-order chi connectivity index (χ1) is 10.5. The minimum atomic E-state index is -0.393. The molecule has 0 aromatic heterocycles. The molecule has 0 heterocycles. The van der Waals surface area contributed by atoms with Gasteiger partial charge in [0.25, 0.3) is 0 Å². The summed E-state index contributed by atoms with van der Waals surface area (Å²) in [5.41, 5.74) is 0. The Labute approximate surface area is 140 Å². The minimum Gasteiger partial charge on any atom is -0.335 e. The maximum atomic E-state index is 11.9. The standard InChI is InChI=1S/C16H21ClN2O2S/c1-11-5-2-3-8-14(11)18-16(21)19-15(20)10-22-13-7-4-6-12(17)9-13/h4,6-7,9,11,14H,2-3,5,8,10H2,1H3,(H2,18,19,20,21). The first-order valence-corrected chi connectivity index (χ1v) is 8.89. The van der Waals surface area contributed by atoms with Crippen LogP contribution in [0.2, 0.25) is 5.02 Å². The lowest BCUT2D eigenvalue weighted by atomic mass is 9.86. The van der Waals surface area contributed by atoms with Gasteiger partial charge in [-0.15, -0.1) is 11.8 Å². The molecule has 120 valence electrons. The number of thioether (sulfide) groups is 1. The maximum Gasteiger partial charge on any atom is 0.321 e. The van der Waals surface area contributed by atoms with Crippen molar-refractivity contribution in [2.75, 3.05) is 5.75 Å². The third kappa shape index (κ3) is 5.54. The Bertz CT molecular complexity index is 539. The predicted molar refractivity (Wildman–Crippen MR) is 90.3 cm³/mol. The summed E-state index contributed by atoms with van der Waals surface area (Å²) < 4.78 is 0. The van der Waals surface area contributed by atoms with Crippen molar-refractivity contribution < 1.29 is 9.59 Å². The highest BCUT2D eigenvalue weighted by molar-refractivity contribution is 8.00. The molecule has 1 fully saturated rings. The highest BCUT2D eigenvalue weighted by atomic mass is 35.5. The van der Waals surface area contributed by atoms with E-state index < -0.39 is 6.03 Å². The molecule has 3 amide bonds. The SMILES string of the molecule is CC1CCCCC1NC(=O)NC(=O)CSc1cccc(Cl)c1. The number of benzene rings is 1. The van der Waals surface area contributed by atoms with Crippen LogP contribution in [0.5, 0.6) is 0 Å². The Balaban J connectivity index is 1.73. The van der Waals surface area contributed by atoms with Gasteiger partial charge in [-0.3, -0.25) is 10.1 Å². The van der Waals surface area contributed by atoms with Crippen molar-refractivity contribution in [1.29, 1.82) is 0 Å². The molecule has 0 saturated heterocycles. The molecule has 0 bridgehead atoms. The van der Waals surface area contributed by atoms with Crippen LogP contribution in [0.15, 0.2) is 29.2 Å². The molecule has 1 aliphatic rings. The van der Waals surface area contributed by atoms with Gasteiger partial charge in [-0.05, 0) is 37.0 Å². The summed E-state index contributed by atoms with van der Waals surface area (Å²) in [7, 11) is 0. The van der Waals surface area contributed by atoms with E-state index in [1.54, 1.807) is 12.1 Å². The first-order valence-electron chi connectivity index (χ1n) is 7.53. The third-order valence-corrected chi connectivity index (χ3v) is 5.08. The molecule has 1 aromatic rings. The van der Waals surface area contributed by atoms with Crippen molar-refractivity contribution in [3.8, 4) is 0 Å². The van der Waals surface area contributed by atoms with E-state index in [-0.39, 0.29) is 17.7 Å². The summed E-state index contributed by atoms with van der Waals surface area (Å²) in [6.07, 6.45) is 4.47. The number of amides is 3. The van der Waals surface area contributed by atoms with E-state index >= 15 is 0 Å². The Morgan fingerprint density at radius 1 is 1.32 bits per heavy atom. The van der Waals surface area contributed by atoms with E-state index in [0.717, 1.165) is 24.2 Å². The normalized spacial score (nSPS) is 21.2. The van der Waals surface area contributed by atoms with E-state index in [1.165, 1.54) is 18.2 Å². The lowest BCUT2D eigenvalue weighted by molar-refractivity contribution is -0.117. The molecule has 2 unspecified atom stereocenters. The molecule has 22 heavy (non-hydrogen) atoms. The smallest absolute Gasteiger partial charge is 0.321 e. The third-order valence-electron chi connectivity index (χ3n) is 3.85. The fourth-order valence-electron chi connectivity index (χ4n) is 2.60. The van der Waals surface area contributed by atoms with Crippen LogP contribution in [-0.4, -0.2) is 23.7 Å². The fraction of sp³-hybridized carbons (Fsp3) is 0.500. The molecule has 0 aliphatic heterocycles. The molecule has 4 nitrogen and oxygen atoms in total. The van der Waals surface area contributed by atoms with E-state index in [1.807, 2.05) is 12.1 Å². The number of carbonyl (C=O) groups excluding carboxylic acids is 2. The average molecular weight is 341 g/mol. The predicted octanol–water partition coefficient (Wildman–Crippen LogP) is 3.84. The molecule has 2 atom stereocenters. The van der Waals surface area contributed by atoms with Gasteiger partial charge in [-0.1, -0.05) is 37.4 Å². The number of carbonyl (C=O) groups is 2. The second-order valence-corrected chi connectivity index (χ2v) is 7.12. The van der Waals surface area contributed by atoms with E-state index in [2.05, 4.69) is 17.6 Å². The highest BCUT2D eigenvalue weighted by Gasteiger charge is 2.23. The van der Waals surface area contributed by atoms with Crippen LogP contribution >= 0.6 is 23.4 Å². The molecule has 0 radical (unpaired) electrons. The number of rotatable bonds is 4. The largest absolute Gasteiger partial charge is 0.335 e. The molecular weight excluding hydrogens is 320 g/mol. The fourth-order valence-corrected chi connectivity index (χ4v) is 3.61. The van der Waals surface area contributed by atoms with Gasteiger partial charge in [0.05, 0.1) is 5.75 Å². The van der Waals surface area contributed by atoms with Crippen molar-refractivity contribution >= 4 is 35.3 Å². The lowest BCUT2D eigenvalue weighted by Gasteiger charge is -2.29. The number of hydrogen-bond donors (Lipinski definition) is 2. The van der Waals surface area contributed by atoms with Crippen LogP contribution in [0.4, 0.5) is 4.79 Å². The summed E-state index contributed by atoms with van der Waals surface area (Å²) in [5, 5.41) is 5.93. The maximum absolute atomic E-state index is 11.9. The minimum absolute atomic E-state index is 0.169. The van der Waals surface area contributed by atoms with Gasteiger partial charge in [0.15, 0.2) is 0 Å². The zero-order valence-corrected chi connectivity index (χ0v) is 14.2. The topological polar surface area (TPSA) is 58.2 Å². The molecule has 2 rings (SSSR count). The Morgan fingerprint density at radius 3 is 2.82 bits per heavy atom. The van der Waals surface area contributed by atoms with Gasteiger partial charge < -0.3 is 5.32 Å². The molecule has 2 N–H and O–H groups in total. The second-order valence-electron chi connectivity index (χ2n) is 5.64. The molecular formula is C16H21ClN2O2S. The molecule has 1 aromatic carbocycles. The van der Waals surface area contributed by atoms with E-state index in [9.17, 15) is 9.59 Å². The Kier molecular flexibility index (Phi) is 6.58. The van der Waals surface area contributed by atoms with Crippen LogP contribution in [0.1, 0.15) is 32.6 Å². The summed E-state index contributed by atoms with van der Waals surface area (Å²) in [6.45, 7) is 2.14. The van der Waals surface area contributed by atoms with Crippen molar-refractivity contribution in [3.05, 3.63) is 29.3 Å². The number of halogens is 1. The Morgan fingerprint density at radius 2 is 2.09 bits per heavy atom. The van der Waals surface area contributed by atoms with E-state index in [0.29, 0.717) is 10.9 Å². The first kappa shape index (κ1) is 17.2. The van der Waals surface area contributed by atoms with Crippen molar-refractivity contribution in [1.82, 2.24) is 10.6 Å². The average Bonchev–Trinajstić information content (AvgIpc) is 2.47. The second kappa shape index (κ2) is 8.44. The summed E-state index contributed by atoms with van der Waals surface area (Å²) >= 11 is 7.24. The van der Waals surface area contributed by atoms with Gasteiger partial charge in [-0.2, -0.15) is 0 Å². The number of urea groups is 1. The zero-order valence-electron chi connectivity index (χ0n) is 12.6. The summed E-state index contributed by atoms with van der Waals surface area (Å²) in [6, 6.07) is 7.07. The Hall–Kier alpha value is -1.20. The van der Waals surface area contributed by atoms with Crippen LogP contribution < -0.4 is 10.6 Å². The summed E-state index contributed by atoms with van der Waals surface area (Å²) in [5.74, 6) is 0.356. The van der Waals surface area contributed by atoms with Crippen LogP contribution in [0.25, 0.3) is 0 Å². The quantitative estimate of drug-likeness (QED) is 0.819. The van der Waals surface area contributed by atoms with Gasteiger partial charge in [0.1, 0.15) is 0 Å². The number of nitrogens with one attached hydrogen (secondary N) is 2.